The number of nitrogens with zero attached hydrogens (tertiary/aromatic N) is 2. The third-order valence-corrected chi connectivity index (χ3v) is 4.32. The van der Waals surface area contributed by atoms with Crippen LogP contribution in [0, 0.1) is 6.92 Å². The smallest absolute Gasteiger partial charge is 0.148 e. The van der Waals surface area contributed by atoms with Gasteiger partial charge in [0.25, 0.3) is 0 Å². The highest BCUT2D eigenvalue weighted by Gasteiger charge is 2.08. The number of aryl methyl sites for hydroxylation is 1. The van der Waals surface area contributed by atoms with E-state index < -0.39 is 0 Å². The van der Waals surface area contributed by atoms with Crippen LogP contribution in [0.15, 0.2) is 48.5 Å². The average molecular weight is 310 g/mol. The maximum atomic E-state index is 5.60. The van der Waals surface area contributed by atoms with Crippen LogP contribution in [0.2, 0.25) is 0 Å². The van der Waals surface area contributed by atoms with Gasteiger partial charge < -0.3 is 4.74 Å². The van der Waals surface area contributed by atoms with Gasteiger partial charge in [0, 0.05) is 11.1 Å². The molecule has 3 aromatic rings. The number of ether oxygens (including phenoxy) is 1. The third kappa shape index (κ3) is 3.34. The van der Waals surface area contributed by atoms with Crippen molar-refractivity contribution in [3.05, 3.63) is 54.1 Å². The summed E-state index contributed by atoms with van der Waals surface area (Å²) in [6.45, 7) is 4.93. The van der Waals surface area contributed by atoms with Crippen molar-refractivity contribution in [1.29, 1.82) is 0 Å². The van der Waals surface area contributed by atoms with Gasteiger partial charge in [-0.3, -0.25) is 0 Å². The summed E-state index contributed by atoms with van der Waals surface area (Å²) in [5, 5.41) is 10.5. The summed E-state index contributed by atoms with van der Waals surface area (Å²) in [5.41, 5.74) is 3.42. The van der Waals surface area contributed by atoms with E-state index in [-0.39, 0.29) is 0 Å². The summed E-state index contributed by atoms with van der Waals surface area (Å²) in [6.07, 6.45) is 1.01. The van der Waals surface area contributed by atoms with E-state index in [1.807, 2.05) is 24.3 Å². The minimum atomic E-state index is 0.746. The summed E-state index contributed by atoms with van der Waals surface area (Å²) in [6, 6.07) is 16.4. The lowest BCUT2D eigenvalue weighted by atomic mass is 10.2. The van der Waals surface area contributed by atoms with Crippen molar-refractivity contribution >= 4 is 11.3 Å². The van der Waals surface area contributed by atoms with Gasteiger partial charge in [0.05, 0.1) is 6.61 Å². The molecule has 1 heterocycles. The van der Waals surface area contributed by atoms with Gasteiger partial charge in [0.2, 0.25) is 0 Å². The third-order valence-electron chi connectivity index (χ3n) is 3.30. The van der Waals surface area contributed by atoms with Gasteiger partial charge >= 0.3 is 0 Å². The molecule has 0 amide bonds. The molecule has 0 fully saturated rings. The molecule has 0 aliphatic rings. The predicted octanol–water partition coefficient (Wildman–Crippen LogP) is 4.97. The van der Waals surface area contributed by atoms with Crippen molar-refractivity contribution in [2.24, 2.45) is 0 Å². The molecule has 2 aromatic carbocycles. The number of rotatable bonds is 5. The first-order valence-corrected chi connectivity index (χ1v) is 8.21. The second-order valence-electron chi connectivity index (χ2n) is 5.15. The SMILES string of the molecule is CCCOc1ccc(-c2nnc(-c3ccc(C)cc3)s2)cc1. The zero-order valence-electron chi connectivity index (χ0n) is 12.7. The minimum absolute atomic E-state index is 0.746. The van der Waals surface area contributed by atoms with Gasteiger partial charge in [-0.05, 0) is 37.6 Å². The molecule has 112 valence electrons. The highest BCUT2D eigenvalue weighted by atomic mass is 32.1. The number of hydrogen-bond donors (Lipinski definition) is 0. The molecule has 1 aromatic heterocycles. The Morgan fingerprint density at radius 2 is 1.41 bits per heavy atom. The van der Waals surface area contributed by atoms with Crippen molar-refractivity contribution in [2.45, 2.75) is 20.3 Å². The Balaban J connectivity index is 1.79. The summed E-state index contributed by atoms with van der Waals surface area (Å²) in [7, 11) is 0. The van der Waals surface area contributed by atoms with Crippen molar-refractivity contribution in [3.63, 3.8) is 0 Å². The monoisotopic (exact) mass is 310 g/mol. The molecule has 0 spiro atoms. The molecule has 0 bridgehead atoms. The van der Waals surface area contributed by atoms with E-state index in [2.05, 4.69) is 48.3 Å². The normalized spacial score (nSPS) is 10.6. The molecule has 0 aliphatic carbocycles. The number of benzene rings is 2. The molecule has 0 unspecified atom stereocenters. The Hall–Kier alpha value is -2.20. The first-order chi connectivity index (χ1) is 10.8. The summed E-state index contributed by atoms with van der Waals surface area (Å²) >= 11 is 1.61. The molecule has 4 heteroatoms. The molecule has 0 N–H and O–H groups in total. The second kappa shape index (κ2) is 6.71. The van der Waals surface area contributed by atoms with Gasteiger partial charge in [-0.15, -0.1) is 10.2 Å². The van der Waals surface area contributed by atoms with Crippen molar-refractivity contribution in [3.8, 4) is 26.9 Å². The van der Waals surface area contributed by atoms with Crippen LogP contribution < -0.4 is 4.74 Å². The van der Waals surface area contributed by atoms with Crippen LogP contribution in [0.4, 0.5) is 0 Å². The van der Waals surface area contributed by atoms with Crippen LogP contribution >= 0.6 is 11.3 Å². The molecule has 0 atom stereocenters. The summed E-state index contributed by atoms with van der Waals surface area (Å²) < 4.78 is 5.60. The van der Waals surface area contributed by atoms with E-state index >= 15 is 0 Å². The number of hydrogen-bond acceptors (Lipinski definition) is 4. The zero-order chi connectivity index (χ0) is 15.4. The van der Waals surface area contributed by atoms with E-state index in [0.717, 1.165) is 39.9 Å². The van der Waals surface area contributed by atoms with E-state index in [9.17, 15) is 0 Å². The van der Waals surface area contributed by atoms with E-state index in [1.54, 1.807) is 11.3 Å². The van der Waals surface area contributed by atoms with Crippen molar-refractivity contribution < 1.29 is 4.74 Å². The first kappa shape index (κ1) is 14.7. The van der Waals surface area contributed by atoms with E-state index in [0.29, 0.717) is 0 Å². The van der Waals surface area contributed by atoms with Crippen LogP contribution in [0.1, 0.15) is 18.9 Å². The van der Waals surface area contributed by atoms with Crippen LogP contribution in [-0.4, -0.2) is 16.8 Å². The Morgan fingerprint density at radius 1 is 0.864 bits per heavy atom. The lowest BCUT2D eigenvalue weighted by molar-refractivity contribution is 0.317. The lowest BCUT2D eigenvalue weighted by Crippen LogP contribution is -1.94. The van der Waals surface area contributed by atoms with Crippen LogP contribution in [-0.2, 0) is 0 Å². The van der Waals surface area contributed by atoms with Crippen LogP contribution in [0.5, 0.6) is 5.75 Å². The Bertz CT molecular complexity index is 733. The Kier molecular flexibility index (Phi) is 4.49. The van der Waals surface area contributed by atoms with Gasteiger partial charge in [0.15, 0.2) is 0 Å². The van der Waals surface area contributed by atoms with E-state index in [4.69, 9.17) is 4.74 Å². The van der Waals surface area contributed by atoms with Crippen molar-refractivity contribution in [1.82, 2.24) is 10.2 Å². The lowest BCUT2D eigenvalue weighted by Gasteiger charge is -2.04. The number of aromatic nitrogens is 2. The molecule has 0 saturated heterocycles. The molecule has 22 heavy (non-hydrogen) atoms. The van der Waals surface area contributed by atoms with Crippen LogP contribution in [0.3, 0.4) is 0 Å². The summed E-state index contributed by atoms with van der Waals surface area (Å²) in [5.74, 6) is 0.897. The zero-order valence-corrected chi connectivity index (χ0v) is 13.6. The largest absolute Gasteiger partial charge is 0.494 e. The minimum Gasteiger partial charge on any atom is -0.494 e. The molecular weight excluding hydrogens is 292 g/mol. The fourth-order valence-electron chi connectivity index (χ4n) is 2.07. The fourth-order valence-corrected chi connectivity index (χ4v) is 2.92. The first-order valence-electron chi connectivity index (χ1n) is 7.40. The maximum Gasteiger partial charge on any atom is 0.148 e. The fraction of sp³-hybridized carbons (Fsp3) is 0.222. The van der Waals surface area contributed by atoms with Gasteiger partial charge in [-0.1, -0.05) is 48.1 Å². The van der Waals surface area contributed by atoms with Gasteiger partial charge in [-0.2, -0.15) is 0 Å². The van der Waals surface area contributed by atoms with Crippen LogP contribution in [0.25, 0.3) is 21.1 Å². The van der Waals surface area contributed by atoms with E-state index in [1.165, 1.54) is 5.56 Å². The standard InChI is InChI=1S/C18H18N2OS/c1-3-12-21-16-10-8-15(9-11-16)18-20-19-17(22-18)14-6-4-13(2)5-7-14/h4-11H,3,12H2,1-2H3. The Morgan fingerprint density at radius 3 is 1.95 bits per heavy atom. The Labute approximate surface area is 134 Å². The topological polar surface area (TPSA) is 35.0 Å². The predicted molar refractivity (Wildman–Crippen MR) is 91.3 cm³/mol. The molecule has 3 rings (SSSR count). The quantitative estimate of drug-likeness (QED) is 0.667. The highest BCUT2D eigenvalue weighted by Crippen LogP contribution is 2.30. The van der Waals surface area contributed by atoms with Gasteiger partial charge in [-0.25, -0.2) is 0 Å². The molecule has 0 radical (unpaired) electrons. The average Bonchev–Trinajstić information content (AvgIpc) is 3.04. The summed E-state index contributed by atoms with van der Waals surface area (Å²) in [4.78, 5) is 0. The molecular formula is C18H18N2OS. The maximum absolute atomic E-state index is 5.60. The van der Waals surface area contributed by atoms with Crippen molar-refractivity contribution in [2.75, 3.05) is 6.61 Å². The molecule has 0 aliphatic heterocycles. The molecule has 0 saturated carbocycles. The molecule has 3 nitrogen and oxygen atoms in total. The highest BCUT2D eigenvalue weighted by molar-refractivity contribution is 7.17. The van der Waals surface area contributed by atoms with Gasteiger partial charge in [0.1, 0.15) is 15.8 Å². The second-order valence-corrected chi connectivity index (χ2v) is 6.13.